The third kappa shape index (κ3) is 7.50. The molecule has 1 amide bonds. The minimum Gasteiger partial charge on any atom is -0.356 e. The van der Waals surface area contributed by atoms with E-state index in [4.69, 9.17) is 0 Å². The number of amides is 1. The molecule has 0 spiro atoms. The first-order valence-electron chi connectivity index (χ1n) is 4.41. The molecule has 0 aromatic carbocycles. The third-order valence-electron chi connectivity index (χ3n) is 1.76. The topological polar surface area (TPSA) is 68.8 Å². The Hall–Kier alpha value is -0.610. The molecule has 4 heteroatoms. The minimum atomic E-state index is 0.0507. The quantitative estimate of drug-likeness (QED) is 0.360. The predicted molar refractivity (Wildman–Crippen MR) is 48.3 cm³/mol. The van der Waals surface area contributed by atoms with Crippen LogP contribution in [0.15, 0.2) is 0 Å². The van der Waals surface area contributed by atoms with Gasteiger partial charge in [0.05, 0.1) is 0 Å². The van der Waals surface area contributed by atoms with Gasteiger partial charge < -0.3 is 11.1 Å². The van der Waals surface area contributed by atoms with Crippen molar-refractivity contribution < 1.29 is 10.5 Å². The van der Waals surface area contributed by atoms with E-state index in [1.54, 1.807) is 0 Å². The van der Waals surface area contributed by atoms with Crippen LogP contribution < -0.4 is 16.4 Å². The number of hydrogen-bond donors (Lipinski definition) is 3. The van der Waals surface area contributed by atoms with E-state index in [1.165, 1.54) is 6.92 Å². The number of quaternary nitrogens is 1. The van der Waals surface area contributed by atoms with Gasteiger partial charge in [-0.1, -0.05) is 0 Å². The van der Waals surface area contributed by atoms with Crippen LogP contribution in [0, 0.1) is 0 Å². The summed E-state index contributed by atoms with van der Waals surface area (Å²) in [6.07, 6.45) is 3.54. The summed E-state index contributed by atoms with van der Waals surface area (Å²) in [4.78, 5) is 10.5. The normalized spacial score (nSPS) is 12.6. The van der Waals surface area contributed by atoms with Crippen molar-refractivity contribution in [2.75, 3.05) is 13.6 Å². The highest BCUT2D eigenvalue weighted by molar-refractivity contribution is 5.72. The summed E-state index contributed by atoms with van der Waals surface area (Å²) < 4.78 is 0. The Balaban J connectivity index is 3.05. The highest BCUT2D eigenvalue weighted by Gasteiger charge is 2.00. The average Bonchev–Trinajstić information content (AvgIpc) is 2.03. The van der Waals surface area contributed by atoms with Gasteiger partial charge in [0, 0.05) is 19.9 Å². The number of unbranched alkanes of at least 4 members (excludes halogenated alkanes) is 1. The third-order valence-corrected chi connectivity index (χ3v) is 1.76. The molecule has 0 aliphatic rings. The van der Waals surface area contributed by atoms with E-state index < -0.39 is 0 Å². The summed E-state index contributed by atoms with van der Waals surface area (Å²) in [5.41, 5.74) is 3.89. The molecule has 0 saturated carbocycles. The van der Waals surface area contributed by atoms with Crippen molar-refractivity contribution in [2.45, 2.75) is 32.4 Å². The maximum absolute atomic E-state index is 10.5. The largest absolute Gasteiger partial charge is 0.356 e. The van der Waals surface area contributed by atoms with Crippen LogP contribution in [0.25, 0.3) is 0 Å². The number of carbonyl (C=O) groups excluding carboxylic acids is 1. The molecule has 0 fully saturated rings. The smallest absolute Gasteiger partial charge is 0.216 e. The maximum Gasteiger partial charge on any atom is 0.216 e. The van der Waals surface area contributed by atoms with Crippen LogP contribution >= 0.6 is 0 Å². The lowest BCUT2D eigenvalue weighted by molar-refractivity contribution is -0.429. The standard InChI is InChI=1S/C8H19N3O/c1-7(12)11-6-4-3-5-8(9)10-2/h8,10H,3-6,9H2,1-2H3,(H,11,12)/p+1. The summed E-state index contributed by atoms with van der Waals surface area (Å²) in [6, 6.07) is 0. The van der Waals surface area contributed by atoms with Crippen molar-refractivity contribution in [2.24, 2.45) is 0 Å². The van der Waals surface area contributed by atoms with Crippen LogP contribution in [0.4, 0.5) is 0 Å². The van der Waals surface area contributed by atoms with Gasteiger partial charge in [0.15, 0.2) is 0 Å². The molecule has 1 unspecified atom stereocenters. The summed E-state index contributed by atoms with van der Waals surface area (Å²) in [7, 11) is 1.91. The van der Waals surface area contributed by atoms with Crippen LogP contribution in [0.3, 0.4) is 0 Å². The first-order valence-corrected chi connectivity index (χ1v) is 4.41. The van der Waals surface area contributed by atoms with Crippen LogP contribution in [0.1, 0.15) is 26.2 Å². The van der Waals surface area contributed by atoms with Crippen molar-refractivity contribution in [1.29, 1.82) is 0 Å². The SMILES string of the molecule is CNC([NH3+])CCCCNC(C)=O. The Labute approximate surface area is 73.9 Å². The van der Waals surface area contributed by atoms with Gasteiger partial charge in [0.1, 0.15) is 6.17 Å². The molecule has 0 radical (unpaired) electrons. The van der Waals surface area contributed by atoms with Gasteiger partial charge in [-0.05, 0) is 19.9 Å². The fraction of sp³-hybridized carbons (Fsp3) is 0.875. The first kappa shape index (κ1) is 11.4. The fourth-order valence-corrected chi connectivity index (χ4v) is 0.924. The fourth-order valence-electron chi connectivity index (χ4n) is 0.924. The zero-order valence-electron chi connectivity index (χ0n) is 8.02. The van der Waals surface area contributed by atoms with Crippen molar-refractivity contribution in [3.05, 3.63) is 0 Å². The zero-order valence-corrected chi connectivity index (χ0v) is 8.02. The van der Waals surface area contributed by atoms with E-state index in [1.807, 2.05) is 7.05 Å². The average molecular weight is 174 g/mol. The lowest BCUT2D eigenvalue weighted by Gasteiger charge is -2.06. The monoisotopic (exact) mass is 174 g/mol. The predicted octanol–water partition coefficient (Wildman–Crippen LogP) is -0.920. The Morgan fingerprint density at radius 2 is 2.17 bits per heavy atom. The van der Waals surface area contributed by atoms with E-state index in [0.29, 0.717) is 6.17 Å². The van der Waals surface area contributed by atoms with Crippen molar-refractivity contribution in [3.8, 4) is 0 Å². The zero-order chi connectivity index (χ0) is 9.40. The van der Waals surface area contributed by atoms with Gasteiger partial charge in [-0.25, -0.2) is 0 Å². The van der Waals surface area contributed by atoms with Crippen LogP contribution in [-0.4, -0.2) is 25.7 Å². The Morgan fingerprint density at radius 1 is 1.50 bits per heavy atom. The number of carbonyl (C=O) groups is 1. The molecule has 0 rings (SSSR count). The Kier molecular flexibility index (Phi) is 6.70. The summed E-state index contributed by atoms with van der Waals surface area (Å²) in [5, 5.41) is 5.82. The van der Waals surface area contributed by atoms with E-state index >= 15 is 0 Å². The molecular weight excluding hydrogens is 154 g/mol. The molecule has 0 heterocycles. The molecule has 72 valence electrons. The highest BCUT2D eigenvalue weighted by Crippen LogP contribution is 1.93. The van der Waals surface area contributed by atoms with Crippen LogP contribution in [0.2, 0.25) is 0 Å². The lowest BCUT2D eigenvalue weighted by atomic mass is 10.2. The molecule has 4 nitrogen and oxygen atoms in total. The molecule has 1 atom stereocenters. The van der Waals surface area contributed by atoms with Gasteiger partial charge in [-0.15, -0.1) is 0 Å². The van der Waals surface area contributed by atoms with Crippen LogP contribution in [0.5, 0.6) is 0 Å². The van der Waals surface area contributed by atoms with Gasteiger partial charge in [-0.2, -0.15) is 0 Å². The first-order chi connectivity index (χ1) is 5.66. The summed E-state index contributed by atoms with van der Waals surface area (Å²) in [5.74, 6) is 0.0507. The molecule has 0 saturated heterocycles. The van der Waals surface area contributed by atoms with E-state index in [-0.39, 0.29) is 5.91 Å². The summed E-state index contributed by atoms with van der Waals surface area (Å²) in [6.45, 7) is 2.32. The maximum atomic E-state index is 10.5. The molecule has 12 heavy (non-hydrogen) atoms. The highest BCUT2D eigenvalue weighted by atomic mass is 16.1. The molecule has 0 aliphatic heterocycles. The minimum absolute atomic E-state index is 0.0507. The van der Waals surface area contributed by atoms with Gasteiger partial charge in [0.25, 0.3) is 0 Å². The molecular formula is C8H20N3O+. The second-order valence-electron chi connectivity index (χ2n) is 2.96. The Bertz CT molecular complexity index is 127. The van der Waals surface area contributed by atoms with Gasteiger partial charge in [0.2, 0.25) is 5.91 Å². The van der Waals surface area contributed by atoms with Gasteiger partial charge >= 0.3 is 0 Å². The van der Waals surface area contributed by atoms with Crippen LogP contribution in [-0.2, 0) is 4.79 Å². The lowest BCUT2D eigenvalue weighted by Crippen LogP contribution is -2.67. The number of nitrogens with one attached hydrogen (secondary N) is 2. The Morgan fingerprint density at radius 3 is 2.67 bits per heavy atom. The number of rotatable bonds is 6. The molecule has 0 aliphatic carbocycles. The van der Waals surface area contributed by atoms with Gasteiger partial charge in [-0.3, -0.25) is 10.1 Å². The van der Waals surface area contributed by atoms with E-state index in [2.05, 4.69) is 16.4 Å². The molecule has 0 bridgehead atoms. The van der Waals surface area contributed by atoms with Crippen molar-refractivity contribution in [1.82, 2.24) is 10.6 Å². The second-order valence-corrected chi connectivity index (χ2v) is 2.96. The van der Waals surface area contributed by atoms with Crippen molar-refractivity contribution in [3.63, 3.8) is 0 Å². The van der Waals surface area contributed by atoms with Crippen molar-refractivity contribution >= 4 is 5.91 Å². The molecule has 5 N–H and O–H groups in total. The molecule has 0 aromatic rings. The summed E-state index contributed by atoms with van der Waals surface area (Å²) >= 11 is 0. The molecule has 0 aromatic heterocycles. The van der Waals surface area contributed by atoms with E-state index in [0.717, 1.165) is 25.8 Å². The van der Waals surface area contributed by atoms with E-state index in [9.17, 15) is 4.79 Å². The number of hydrogen-bond acceptors (Lipinski definition) is 2. The second kappa shape index (κ2) is 7.06.